The summed E-state index contributed by atoms with van der Waals surface area (Å²) in [7, 11) is 0. The Bertz CT molecular complexity index is 362. The smallest absolute Gasteiger partial charge is 0.0665 e. The Morgan fingerprint density at radius 1 is 1.11 bits per heavy atom. The van der Waals surface area contributed by atoms with Crippen LogP contribution < -0.4 is 5.32 Å². The monoisotopic (exact) mass is 249 g/mol. The molecule has 0 fully saturated rings. The van der Waals surface area contributed by atoms with Crippen molar-refractivity contribution < 1.29 is 4.74 Å². The third-order valence-electron chi connectivity index (χ3n) is 3.13. The van der Waals surface area contributed by atoms with Crippen LogP contribution in [0.25, 0.3) is 0 Å². The minimum Gasteiger partial charge on any atom is -0.377 e. The Balaban J connectivity index is 2.97. The summed E-state index contributed by atoms with van der Waals surface area (Å²) >= 11 is 0. The van der Waals surface area contributed by atoms with E-state index in [0.29, 0.717) is 0 Å². The van der Waals surface area contributed by atoms with Crippen molar-refractivity contribution in [3.8, 4) is 0 Å². The molecule has 0 radical (unpaired) electrons. The van der Waals surface area contributed by atoms with E-state index in [2.05, 4.69) is 59.0 Å². The summed E-state index contributed by atoms with van der Waals surface area (Å²) < 4.78 is 5.79. The second kappa shape index (κ2) is 6.91. The molecule has 1 unspecified atom stereocenters. The molecule has 1 atom stereocenters. The lowest BCUT2D eigenvalue weighted by molar-refractivity contribution is 0.0612. The van der Waals surface area contributed by atoms with Crippen LogP contribution in [0.5, 0.6) is 0 Å². The topological polar surface area (TPSA) is 21.3 Å². The van der Waals surface area contributed by atoms with Gasteiger partial charge >= 0.3 is 0 Å². The fraction of sp³-hybridized carbons (Fsp3) is 0.625. The number of hydrogen-bond donors (Lipinski definition) is 1. The normalized spacial score (nSPS) is 13.1. The zero-order chi connectivity index (χ0) is 13.7. The van der Waals surface area contributed by atoms with Crippen LogP contribution in [0, 0.1) is 20.8 Å². The maximum Gasteiger partial charge on any atom is 0.0665 e. The number of likely N-dealkylation sites (N-methyl/N-ethyl adjacent to an activating group) is 1. The van der Waals surface area contributed by atoms with Gasteiger partial charge < -0.3 is 10.1 Å². The molecule has 1 aromatic rings. The molecule has 1 rings (SSSR count). The maximum absolute atomic E-state index is 5.79. The minimum absolute atomic E-state index is 0.275. The Kier molecular flexibility index (Phi) is 5.83. The summed E-state index contributed by atoms with van der Waals surface area (Å²) in [4.78, 5) is 0. The number of ether oxygens (including phenoxy) is 1. The van der Waals surface area contributed by atoms with Gasteiger partial charge in [0.1, 0.15) is 0 Å². The molecule has 2 heteroatoms. The van der Waals surface area contributed by atoms with Gasteiger partial charge in [-0.25, -0.2) is 0 Å². The maximum atomic E-state index is 5.79. The number of benzene rings is 1. The lowest BCUT2D eigenvalue weighted by atomic mass is 9.94. The third-order valence-corrected chi connectivity index (χ3v) is 3.13. The van der Waals surface area contributed by atoms with Gasteiger partial charge in [0.25, 0.3) is 0 Å². The second-order valence-corrected chi connectivity index (χ2v) is 5.30. The van der Waals surface area contributed by atoms with Crippen molar-refractivity contribution in [1.82, 2.24) is 5.32 Å². The summed E-state index contributed by atoms with van der Waals surface area (Å²) in [6.45, 7) is 14.5. The molecule has 2 nitrogen and oxygen atoms in total. The summed E-state index contributed by atoms with van der Waals surface area (Å²) in [6, 6.07) is 4.79. The lowest BCUT2D eigenvalue weighted by Gasteiger charge is -2.24. The van der Waals surface area contributed by atoms with Gasteiger partial charge in [0.05, 0.1) is 18.8 Å². The standard InChI is InChI=1S/C16H27NO/c1-7-17-15(10-18-11(2)3)16-13(5)8-12(4)9-14(16)6/h8-9,11,15,17H,7,10H2,1-6H3. The Hall–Kier alpha value is -0.860. The van der Waals surface area contributed by atoms with Crippen molar-refractivity contribution in [3.05, 3.63) is 34.4 Å². The number of nitrogens with one attached hydrogen (secondary N) is 1. The van der Waals surface area contributed by atoms with Crippen molar-refractivity contribution in [2.75, 3.05) is 13.2 Å². The summed E-state index contributed by atoms with van der Waals surface area (Å²) in [6.07, 6.45) is 0.275. The molecular formula is C16H27NO. The summed E-state index contributed by atoms with van der Waals surface area (Å²) in [5.41, 5.74) is 5.42. The summed E-state index contributed by atoms with van der Waals surface area (Å²) in [5, 5.41) is 3.53. The van der Waals surface area contributed by atoms with Gasteiger partial charge in [-0.1, -0.05) is 24.6 Å². The molecule has 0 aliphatic heterocycles. The molecule has 0 saturated carbocycles. The molecule has 0 spiro atoms. The zero-order valence-electron chi connectivity index (χ0n) is 12.6. The average molecular weight is 249 g/mol. The molecule has 0 heterocycles. The molecule has 0 bridgehead atoms. The van der Waals surface area contributed by atoms with E-state index in [1.807, 2.05) is 0 Å². The van der Waals surface area contributed by atoms with Crippen molar-refractivity contribution in [3.63, 3.8) is 0 Å². The fourth-order valence-electron chi connectivity index (χ4n) is 2.52. The molecule has 1 aromatic carbocycles. The van der Waals surface area contributed by atoms with E-state index in [9.17, 15) is 0 Å². The van der Waals surface area contributed by atoms with Crippen molar-refractivity contribution in [1.29, 1.82) is 0 Å². The first-order valence-electron chi connectivity index (χ1n) is 6.88. The predicted molar refractivity (Wildman–Crippen MR) is 78.2 cm³/mol. The van der Waals surface area contributed by atoms with Crippen LogP contribution in [0.3, 0.4) is 0 Å². The Morgan fingerprint density at radius 2 is 1.67 bits per heavy atom. The van der Waals surface area contributed by atoms with Crippen LogP contribution in [0.15, 0.2) is 12.1 Å². The molecule has 0 aliphatic rings. The molecule has 0 aliphatic carbocycles. The first-order valence-corrected chi connectivity index (χ1v) is 6.88. The van der Waals surface area contributed by atoms with Crippen LogP contribution in [0.1, 0.15) is 49.1 Å². The predicted octanol–water partition coefficient (Wildman–Crippen LogP) is 3.69. The van der Waals surface area contributed by atoms with Crippen LogP contribution in [0.2, 0.25) is 0 Å². The van der Waals surface area contributed by atoms with E-state index < -0.39 is 0 Å². The van der Waals surface area contributed by atoms with Crippen LogP contribution >= 0.6 is 0 Å². The second-order valence-electron chi connectivity index (χ2n) is 5.30. The first-order chi connectivity index (χ1) is 8.45. The fourth-order valence-corrected chi connectivity index (χ4v) is 2.52. The molecule has 1 N–H and O–H groups in total. The van der Waals surface area contributed by atoms with Crippen molar-refractivity contribution in [2.45, 2.75) is 53.7 Å². The van der Waals surface area contributed by atoms with Crippen LogP contribution in [-0.2, 0) is 4.74 Å². The highest BCUT2D eigenvalue weighted by atomic mass is 16.5. The van der Waals surface area contributed by atoms with Gasteiger partial charge in [-0.05, 0) is 57.9 Å². The van der Waals surface area contributed by atoms with Crippen molar-refractivity contribution >= 4 is 0 Å². The van der Waals surface area contributed by atoms with Gasteiger partial charge in [0, 0.05) is 0 Å². The lowest BCUT2D eigenvalue weighted by Crippen LogP contribution is -2.28. The first kappa shape index (κ1) is 15.2. The van der Waals surface area contributed by atoms with E-state index in [4.69, 9.17) is 4.74 Å². The van der Waals surface area contributed by atoms with Gasteiger partial charge in [-0.15, -0.1) is 0 Å². The highest BCUT2D eigenvalue weighted by Crippen LogP contribution is 2.24. The zero-order valence-corrected chi connectivity index (χ0v) is 12.6. The van der Waals surface area contributed by atoms with Gasteiger partial charge in [0.2, 0.25) is 0 Å². The highest BCUT2D eigenvalue weighted by Gasteiger charge is 2.16. The third kappa shape index (κ3) is 4.11. The molecule has 0 aromatic heterocycles. The van der Waals surface area contributed by atoms with Crippen LogP contribution in [-0.4, -0.2) is 19.3 Å². The number of aryl methyl sites for hydroxylation is 3. The van der Waals surface area contributed by atoms with E-state index in [0.717, 1.165) is 13.2 Å². The van der Waals surface area contributed by atoms with Gasteiger partial charge in [0.15, 0.2) is 0 Å². The molecular weight excluding hydrogens is 222 g/mol. The number of hydrogen-bond acceptors (Lipinski definition) is 2. The largest absolute Gasteiger partial charge is 0.377 e. The van der Waals surface area contributed by atoms with E-state index >= 15 is 0 Å². The highest BCUT2D eigenvalue weighted by molar-refractivity contribution is 5.39. The number of rotatable bonds is 6. The average Bonchev–Trinajstić information content (AvgIpc) is 2.24. The van der Waals surface area contributed by atoms with E-state index in [1.165, 1.54) is 22.3 Å². The SMILES string of the molecule is CCNC(COC(C)C)c1c(C)cc(C)cc1C. The van der Waals surface area contributed by atoms with E-state index in [1.54, 1.807) is 0 Å². The summed E-state index contributed by atoms with van der Waals surface area (Å²) in [5.74, 6) is 0. The minimum atomic E-state index is 0.275. The molecule has 102 valence electrons. The quantitative estimate of drug-likeness (QED) is 0.830. The molecule has 0 saturated heterocycles. The molecule has 18 heavy (non-hydrogen) atoms. The molecule has 0 amide bonds. The van der Waals surface area contributed by atoms with Gasteiger partial charge in [-0.3, -0.25) is 0 Å². The van der Waals surface area contributed by atoms with Gasteiger partial charge in [-0.2, -0.15) is 0 Å². The Labute approximate surface area is 112 Å². The van der Waals surface area contributed by atoms with Crippen molar-refractivity contribution in [2.24, 2.45) is 0 Å². The van der Waals surface area contributed by atoms with Crippen LogP contribution in [0.4, 0.5) is 0 Å². The van der Waals surface area contributed by atoms with E-state index in [-0.39, 0.29) is 12.1 Å². The Morgan fingerprint density at radius 3 is 2.11 bits per heavy atom.